The molecule has 0 aliphatic rings. The van der Waals surface area contributed by atoms with E-state index < -0.39 is 6.10 Å². The molecule has 6 nitrogen and oxygen atoms in total. The number of methoxy groups -OCH3 is 3. The van der Waals surface area contributed by atoms with E-state index in [4.69, 9.17) is 18.9 Å². The van der Waals surface area contributed by atoms with Gasteiger partial charge in [-0.25, -0.2) is 0 Å². The molecule has 0 fully saturated rings. The first-order chi connectivity index (χ1) is 11.2. The molecule has 132 valence electrons. The standard InChI is InChI=1S/C17H29NO5/c1-20-10-8-18(9-11-21-2)12-16(19)14-23-13-15-4-6-17(22-3)7-5-15/h4-7,16,19H,8-14H2,1-3H3. The van der Waals surface area contributed by atoms with Crippen LogP contribution in [0.2, 0.25) is 0 Å². The minimum absolute atomic E-state index is 0.294. The summed E-state index contributed by atoms with van der Waals surface area (Å²) < 4.78 is 20.9. The molecule has 0 aliphatic carbocycles. The molecule has 0 amide bonds. The normalized spacial score (nSPS) is 12.6. The van der Waals surface area contributed by atoms with Crippen LogP contribution in [0.25, 0.3) is 0 Å². The molecule has 0 saturated carbocycles. The molecule has 6 heteroatoms. The zero-order valence-corrected chi connectivity index (χ0v) is 14.4. The van der Waals surface area contributed by atoms with Gasteiger partial charge >= 0.3 is 0 Å². The van der Waals surface area contributed by atoms with Crippen molar-refractivity contribution < 1.29 is 24.1 Å². The van der Waals surface area contributed by atoms with Crippen molar-refractivity contribution in [3.8, 4) is 5.75 Å². The maximum atomic E-state index is 10.1. The van der Waals surface area contributed by atoms with Gasteiger partial charge in [0.1, 0.15) is 5.75 Å². The first-order valence-corrected chi connectivity index (χ1v) is 7.78. The van der Waals surface area contributed by atoms with E-state index in [1.165, 1.54) is 0 Å². The Morgan fingerprint density at radius 1 is 1.00 bits per heavy atom. The predicted octanol–water partition coefficient (Wildman–Crippen LogP) is 1.17. The number of hydrogen-bond acceptors (Lipinski definition) is 6. The molecule has 1 aromatic carbocycles. The summed E-state index contributed by atoms with van der Waals surface area (Å²) >= 11 is 0. The summed E-state index contributed by atoms with van der Waals surface area (Å²) in [5.41, 5.74) is 1.05. The van der Waals surface area contributed by atoms with E-state index in [2.05, 4.69) is 4.90 Å². The highest BCUT2D eigenvalue weighted by Crippen LogP contribution is 2.12. The summed E-state index contributed by atoms with van der Waals surface area (Å²) in [6.45, 7) is 4.08. The smallest absolute Gasteiger partial charge is 0.118 e. The number of hydrogen-bond donors (Lipinski definition) is 1. The molecule has 1 rings (SSSR count). The van der Waals surface area contributed by atoms with Gasteiger partial charge in [0.25, 0.3) is 0 Å². The lowest BCUT2D eigenvalue weighted by atomic mass is 10.2. The monoisotopic (exact) mass is 327 g/mol. The fourth-order valence-electron chi connectivity index (χ4n) is 2.12. The van der Waals surface area contributed by atoms with Gasteiger partial charge in [-0.3, -0.25) is 4.90 Å². The molecule has 1 atom stereocenters. The average molecular weight is 327 g/mol. The molecule has 0 radical (unpaired) electrons. The summed E-state index contributed by atoms with van der Waals surface area (Å²) in [5.74, 6) is 0.820. The number of aliphatic hydroxyl groups is 1. The third kappa shape index (κ3) is 8.88. The molecule has 0 saturated heterocycles. The molecule has 0 aliphatic heterocycles. The van der Waals surface area contributed by atoms with E-state index in [1.54, 1.807) is 21.3 Å². The lowest BCUT2D eigenvalue weighted by Gasteiger charge is -2.24. The minimum atomic E-state index is -0.540. The van der Waals surface area contributed by atoms with Gasteiger partial charge < -0.3 is 24.1 Å². The summed E-state index contributed by atoms with van der Waals surface area (Å²) in [6.07, 6.45) is -0.540. The second kappa shape index (κ2) is 12.3. The number of rotatable bonds is 13. The largest absolute Gasteiger partial charge is 0.497 e. The van der Waals surface area contributed by atoms with Crippen molar-refractivity contribution >= 4 is 0 Å². The van der Waals surface area contributed by atoms with Crippen LogP contribution in [0.15, 0.2) is 24.3 Å². The first kappa shape index (κ1) is 19.9. The van der Waals surface area contributed by atoms with Crippen molar-refractivity contribution in [1.29, 1.82) is 0 Å². The fraction of sp³-hybridized carbons (Fsp3) is 0.647. The van der Waals surface area contributed by atoms with Crippen LogP contribution < -0.4 is 4.74 Å². The second-order valence-electron chi connectivity index (χ2n) is 5.30. The highest BCUT2D eigenvalue weighted by Gasteiger charge is 2.12. The van der Waals surface area contributed by atoms with Crippen LogP contribution in [-0.2, 0) is 20.8 Å². The van der Waals surface area contributed by atoms with Gasteiger partial charge in [0.15, 0.2) is 0 Å². The average Bonchev–Trinajstić information content (AvgIpc) is 2.58. The van der Waals surface area contributed by atoms with Crippen LogP contribution in [0.4, 0.5) is 0 Å². The minimum Gasteiger partial charge on any atom is -0.497 e. The number of ether oxygens (including phenoxy) is 4. The highest BCUT2D eigenvalue weighted by atomic mass is 16.5. The lowest BCUT2D eigenvalue weighted by molar-refractivity contribution is 0.00235. The Bertz CT molecular complexity index is 390. The van der Waals surface area contributed by atoms with E-state index >= 15 is 0 Å². The second-order valence-corrected chi connectivity index (χ2v) is 5.30. The summed E-state index contributed by atoms with van der Waals surface area (Å²) in [6, 6.07) is 7.70. The first-order valence-electron chi connectivity index (χ1n) is 7.78. The SMILES string of the molecule is COCCN(CCOC)CC(O)COCc1ccc(OC)cc1. The Balaban J connectivity index is 2.28. The number of nitrogens with zero attached hydrogens (tertiary/aromatic N) is 1. The van der Waals surface area contributed by atoms with Crippen LogP contribution in [0.1, 0.15) is 5.56 Å². The van der Waals surface area contributed by atoms with Crippen LogP contribution >= 0.6 is 0 Å². The molecule has 0 heterocycles. The molecule has 1 aromatic rings. The quantitative estimate of drug-likeness (QED) is 0.587. The van der Waals surface area contributed by atoms with Gasteiger partial charge in [-0.05, 0) is 17.7 Å². The maximum absolute atomic E-state index is 10.1. The van der Waals surface area contributed by atoms with Crippen LogP contribution in [0.3, 0.4) is 0 Å². The van der Waals surface area contributed by atoms with Crippen molar-refractivity contribution in [2.24, 2.45) is 0 Å². The van der Waals surface area contributed by atoms with E-state index in [0.717, 1.165) is 24.4 Å². The van der Waals surface area contributed by atoms with Crippen molar-refractivity contribution in [2.75, 3.05) is 60.8 Å². The number of aliphatic hydroxyl groups excluding tert-OH is 1. The zero-order valence-electron chi connectivity index (χ0n) is 14.4. The van der Waals surface area contributed by atoms with Gasteiger partial charge in [0.2, 0.25) is 0 Å². The third-order valence-corrected chi connectivity index (χ3v) is 3.43. The highest BCUT2D eigenvalue weighted by molar-refractivity contribution is 5.26. The van der Waals surface area contributed by atoms with E-state index in [9.17, 15) is 5.11 Å². The molecule has 23 heavy (non-hydrogen) atoms. The molecule has 0 spiro atoms. The third-order valence-electron chi connectivity index (χ3n) is 3.43. The predicted molar refractivity (Wildman–Crippen MR) is 88.8 cm³/mol. The van der Waals surface area contributed by atoms with Gasteiger partial charge in [0.05, 0.1) is 39.6 Å². The molecule has 1 unspecified atom stereocenters. The molecular formula is C17H29NO5. The van der Waals surface area contributed by atoms with Crippen LogP contribution in [0, 0.1) is 0 Å². The maximum Gasteiger partial charge on any atom is 0.118 e. The Labute approximate surface area is 138 Å². The van der Waals surface area contributed by atoms with Crippen molar-refractivity contribution in [2.45, 2.75) is 12.7 Å². The Hall–Kier alpha value is -1.18. The fourth-order valence-corrected chi connectivity index (χ4v) is 2.12. The van der Waals surface area contributed by atoms with Crippen molar-refractivity contribution in [3.05, 3.63) is 29.8 Å². The van der Waals surface area contributed by atoms with E-state index in [0.29, 0.717) is 33.0 Å². The van der Waals surface area contributed by atoms with Gasteiger partial charge in [-0.2, -0.15) is 0 Å². The molecule has 0 bridgehead atoms. The zero-order chi connectivity index (χ0) is 16.9. The topological polar surface area (TPSA) is 60.4 Å². The molecule has 1 N–H and O–H groups in total. The lowest BCUT2D eigenvalue weighted by Crippen LogP contribution is -2.38. The Kier molecular flexibility index (Phi) is 10.6. The van der Waals surface area contributed by atoms with Crippen LogP contribution in [0.5, 0.6) is 5.75 Å². The van der Waals surface area contributed by atoms with Crippen molar-refractivity contribution in [3.63, 3.8) is 0 Å². The Morgan fingerprint density at radius 3 is 2.13 bits per heavy atom. The number of benzene rings is 1. The summed E-state index contributed by atoms with van der Waals surface area (Å²) in [7, 11) is 4.98. The van der Waals surface area contributed by atoms with Gasteiger partial charge in [-0.15, -0.1) is 0 Å². The van der Waals surface area contributed by atoms with Crippen molar-refractivity contribution in [1.82, 2.24) is 4.90 Å². The van der Waals surface area contributed by atoms with E-state index in [1.807, 2.05) is 24.3 Å². The van der Waals surface area contributed by atoms with Gasteiger partial charge in [0, 0.05) is 33.9 Å². The van der Waals surface area contributed by atoms with Crippen LogP contribution in [-0.4, -0.2) is 76.9 Å². The Morgan fingerprint density at radius 2 is 1.61 bits per heavy atom. The molecular weight excluding hydrogens is 298 g/mol. The van der Waals surface area contributed by atoms with E-state index in [-0.39, 0.29) is 0 Å². The summed E-state index contributed by atoms with van der Waals surface area (Å²) in [5, 5.41) is 10.1. The van der Waals surface area contributed by atoms with Gasteiger partial charge in [-0.1, -0.05) is 12.1 Å². The summed E-state index contributed by atoms with van der Waals surface area (Å²) in [4.78, 5) is 2.11. The molecule has 0 aromatic heterocycles.